The second kappa shape index (κ2) is 17.9. The van der Waals surface area contributed by atoms with E-state index in [1.54, 1.807) is 0 Å². The van der Waals surface area contributed by atoms with Crippen molar-refractivity contribution >= 4 is 29.0 Å². The van der Waals surface area contributed by atoms with E-state index in [2.05, 4.69) is 142 Å². The number of rotatable bonds is 10. The molecule has 74 heavy (non-hydrogen) atoms. The Morgan fingerprint density at radius 3 is 1.26 bits per heavy atom. The van der Waals surface area contributed by atoms with Gasteiger partial charge in [0.2, 0.25) is 11.9 Å². The van der Waals surface area contributed by atoms with E-state index in [1.807, 2.05) is 126 Å². The summed E-state index contributed by atoms with van der Waals surface area (Å²) >= 11 is 0. The largest absolute Gasteiger partial charge is 0.311 e. The Morgan fingerprint density at radius 1 is 0.392 bits per heavy atom. The van der Waals surface area contributed by atoms with Crippen molar-refractivity contribution in [3.8, 4) is 56.7 Å². The van der Waals surface area contributed by atoms with Gasteiger partial charge in [-0.25, -0.2) is 14.9 Å². The van der Waals surface area contributed by atoms with Gasteiger partial charge in [-0.15, -0.1) is 0 Å². The molecular formula is C66H52N8. The van der Waals surface area contributed by atoms with Gasteiger partial charge in [0.25, 0.3) is 0 Å². The van der Waals surface area contributed by atoms with E-state index in [9.17, 15) is 0 Å². The van der Waals surface area contributed by atoms with Crippen LogP contribution in [0, 0.1) is 5.92 Å². The molecule has 2 aromatic heterocycles. The third kappa shape index (κ3) is 7.60. The lowest BCUT2D eigenvalue weighted by Gasteiger charge is -2.36. The number of aromatic nitrogens is 6. The smallest absolute Gasteiger partial charge is 0.241 e. The summed E-state index contributed by atoms with van der Waals surface area (Å²) in [6.45, 7) is 9.69. The van der Waals surface area contributed by atoms with E-state index in [0.717, 1.165) is 39.3 Å². The van der Waals surface area contributed by atoms with Crippen molar-refractivity contribution in [1.82, 2.24) is 29.9 Å². The number of anilines is 5. The number of hydrogen-bond acceptors (Lipinski definition) is 8. The fraction of sp³-hybridized carbons (Fsp3) is 0.121. The molecule has 2 atom stereocenters. The van der Waals surface area contributed by atoms with Crippen LogP contribution >= 0.6 is 0 Å². The van der Waals surface area contributed by atoms with Gasteiger partial charge in [-0.05, 0) is 87.2 Å². The van der Waals surface area contributed by atoms with Crippen LogP contribution in [0.3, 0.4) is 0 Å². The zero-order valence-corrected chi connectivity index (χ0v) is 41.7. The van der Waals surface area contributed by atoms with Gasteiger partial charge in [0.1, 0.15) is 0 Å². The van der Waals surface area contributed by atoms with E-state index < -0.39 is 5.41 Å². The molecule has 8 aromatic carbocycles. The van der Waals surface area contributed by atoms with E-state index in [-0.39, 0.29) is 17.3 Å². The quantitative estimate of drug-likeness (QED) is 0.134. The highest BCUT2D eigenvalue weighted by Gasteiger charge is 2.51. The van der Waals surface area contributed by atoms with Gasteiger partial charge in [0.15, 0.2) is 23.3 Å². The molecule has 8 heteroatoms. The normalized spacial score (nSPS) is 16.4. The van der Waals surface area contributed by atoms with E-state index >= 15 is 0 Å². The fourth-order valence-electron chi connectivity index (χ4n) is 11.7. The highest BCUT2D eigenvalue weighted by Crippen LogP contribution is 2.61. The molecule has 0 bridgehead atoms. The van der Waals surface area contributed by atoms with Crippen LogP contribution in [-0.4, -0.2) is 29.9 Å². The summed E-state index contributed by atoms with van der Waals surface area (Å²) in [4.78, 5) is 35.8. The standard InChI is InChI=1S/C66H52N8/c1-65(2)55-41-49(73(47-31-19-9-20-32-47)48-33-21-10-22-34-48)35-37-51(55)53-39-40-54-52-38-36-50(42-56(52)66(3,4)58(54)57(53)65)74(63-69-59(43-23-11-5-12-24-43)67-60(70-63)44-25-13-6-14-26-44)64-71-61(45-27-15-7-16-28-45)68-62(72-64)46-29-17-8-18-30-46/h5-42,51,55H,1-4H3. The molecule has 2 unspecified atom stereocenters. The summed E-state index contributed by atoms with van der Waals surface area (Å²) in [6, 6.07) is 73.2. The van der Waals surface area contributed by atoms with Gasteiger partial charge in [0, 0.05) is 50.7 Å². The third-order valence-corrected chi connectivity index (χ3v) is 15.2. The highest BCUT2D eigenvalue weighted by molar-refractivity contribution is 5.87. The Kier molecular flexibility index (Phi) is 10.8. The topological polar surface area (TPSA) is 83.8 Å². The van der Waals surface area contributed by atoms with Crippen LogP contribution in [0.2, 0.25) is 0 Å². The number of para-hydroxylation sites is 2. The van der Waals surface area contributed by atoms with Crippen LogP contribution in [0.5, 0.6) is 0 Å². The molecule has 0 amide bonds. The molecule has 0 radical (unpaired) electrons. The van der Waals surface area contributed by atoms with Crippen molar-refractivity contribution in [2.45, 2.75) is 44.4 Å². The summed E-state index contributed by atoms with van der Waals surface area (Å²) < 4.78 is 0. The molecule has 0 fully saturated rings. The van der Waals surface area contributed by atoms with E-state index in [1.165, 1.54) is 39.1 Å². The number of allylic oxidation sites excluding steroid dienone is 3. The summed E-state index contributed by atoms with van der Waals surface area (Å²) in [7, 11) is 0. The van der Waals surface area contributed by atoms with Crippen molar-refractivity contribution in [2.24, 2.45) is 5.92 Å². The van der Waals surface area contributed by atoms with Crippen molar-refractivity contribution in [2.75, 3.05) is 9.80 Å². The molecule has 3 aliphatic carbocycles. The molecule has 0 saturated heterocycles. The van der Waals surface area contributed by atoms with E-state index in [0.29, 0.717) is 35.2 Å². The molecule has 0 aliphatic heterocycles. The molecule has 2 heterocycles. The summed E-state index contributed by atoms with van der Waals surface area (Å²) in [5, 5.41) is 0. The van der Waals surface area contributed by atoms with Crippen molar-refractivity contribution < 1.29 is 0 Å². The van der Waals surface area contributed by atoms with Crippen molar-refractivity contribution in [3.63, 3.8) is 0 Å². The second-order valence-corrected chi connectivity index (χ2v) is 20.4. The first-order valence-electron chi connectivity index (χ1n) is 25.4. The number of nitrogens with zero attached hydrogens (tertiary/aromatic N) is 8. The minimum atomic E-state index is -0.397. The lowest BCUT2D eigenvalue weighted by Crippen LogP contribution is -2.30. The Morgan fingerprint density at radius 2 is 0.811 bits per heavy atom. The van der Waals surface area contributed by atoms with E-state index in [4.69, 9.17) is 29.9 Å². The zero-order chi connectivity index (χ0) is 50.0. The predicted molar refractivity (Wildman–Crippen MR) is 299 cm³/mol. The fourth-order valence-corrected chi connectivity index (χ4v) is 11.7. The molecule has 0 N–H and O–H groups in total. The number of hydrogen-bond donors (Lipinski definition) is 0. The maximum Gasteiger partial charge on any atom is 0.241 e. The Hall–Kier alpha value is -9.14. The first kappa shape index (κ1) is 44.8. The second-order valence-electron chi connectivity index (χ2n) is 20.4. The molecular weight excluding hydrogens is 905 g/mol. The molecule has 10 aromatic rings. The minimum absolute atomic E-state index is 0.201. The van der Waals surface area contributed by atoms with Crippen LogP contribution in [-0.2, 0) is 10.8 Å². The summed E-state index contributed by atoms with van der Waals surface area (Å²) in [5.74, 6) is 3.38. The summed E-state index contributed by atoms with van der Waals surface area (Å²) in [6.07, 6.45) is 7.32. The van der Waals surface area contributed by atoms with Crippen LogP contribution in [0.25, 0.3) is 56.7 Å². The summed E-state index contributed by atoms with van der Waals surface area (Å²) in [5.41, 5.74) is 15.1. The van der Waals surface area contributed by atoms with Gasteiger partial charge in [-0.1, -0.05) is 216 Å². The molecule has 0 saturated carbocycles. The van der Waals surface area contributed by atoms with Crippen LogP contribution in [0.4, 0.5) is 29.0 Å². The lowest BCUT2D eigenvalue weighted by molar-refractivity contribution is 0.387. The lowest BCUT2D eigenvalue weighted by atomic mass is 9.70. The average molecular weight is 957 g/mol. The van der Waals surface area contributed by atoms with Crippen LogP contribution in [0.15, 0.2) is 236 Å². The molecule has 8 nitrogen and oxygen atoms in total. The molecule has 0 spiro atoms. The molecule has 13 rings (SSSR count). The van der Waals surface area contributed by atoms with Crippen molar-refractivity contribution in [1.29, 1.82) is 0 Å². The van der Waals surface area contributed by atoms with Gasteiger partial charge < -0.3 is 4.90 Å². The van der Waals surface area contributed by atoms with Gasteiger partial charge in [-0.3, -0.25) is 0 Å². The molecule has 356 valence electrons. The van der Waals surface area contributed by atoms with Crippen molar-refractivity contribution in [3.05, 3.63) is 259 Å². The zero-order valence-electron chi connectivity index (χ0n) is 41.7. The average Bonchev–Trinajstić information content (AvgIpc) is 3.84. The molecule has 3 aliphatic rings. The van der Waals surface area contributed by atoms with Crippen LogP contribution in [0.1, 0.15) is 55.9 Å². The Bertz CT molecular complexity index is 3500. The maximum atomic E-state index is 5.31. The highest BCUT2D eigenvalue weighted by atomic mass is 15.4. The Balaban J connectivity index is 0.978. The maximum absolute atomic E-state index is 5.31. The van der Waals surface area contributed by atoms with Crippen LogP contribution < -0.4 is 9.80 Å². The van der Waals surface area contributed by atoms with Gasteiger partial charge >= 0.3 is 0 Å². The number of benzene rings is 8. The first-order valence-corrected chi connectivity index (χ1v) is 25.4. The monoisotopic (exact) mass is 956 g/mol. The predicted octanol–water partition coefficient (Wildman–Crippen LogP) is 15.8. The van der Waals surface area contributed by atoms with Gasteiger partial charge in [-0.2, -0.15) is 19.9 Å². The SMILES string of the molecule is CC1(C)c2cc(N(c3nc(-c4ccccc4)nc(-c4ccccc4)n3)c3nc(-c4ccccc4)nc(-c4ccccc4)n3)ccc2-c2ccc3c(c21)C(C)(C)C1C=C(N(c2ccccc2)c2ccccc2)C=CC31. The first-order chi connectivity index (χ1) is 36.2. The number of fused-ring (bicyclic) bond motifs is 7. The Labute approximate surface area is 432 Å². The van der Waals surface area contributed by atoms with Gasteiger partial charge in [0.05, 0.1) is 5.69 Å². The minimum Gasteiger partial charge on any atom is -0.311 e. The third-order valence-electron chi connectivity index (χ3n) is 15.2.